The number of nitrogens with zero attached hydrogens (tertiary/aromatic N) is 1. The summed E-state index contributed by atoms with van der Waals surface area (Å²) in [5.41, 5.74) is 5.48. The molecule has 18 heavy (non-hydrogen) atoms. The molecule has 0 aliphatic carbocycles. The number of nitrogens with two attached hydrogens (primary N) is 1. The predicted octanol–water partition coefficient (Wildman–Crippen LogP) is 2.15. The SMILES string of the molecule is CSCCN(C)S(=O)(=O)c1cc(Br)c(F)cc1N. The van der Waals surface area contributed by atoms with E-state index in [0.29, 0.717) is 12.3 Å². The van der Waals surface area contributed by atoms with Gasteiger partial charge in [-0.15, -0.1) is 0 Å². The van der Waals surface area contributed by atoms with Gasteiger partial charge in [-0.25, -0.2) is 17.1 Å². The summed E-state index contributed by atoms with van der Waals surface area (Å²) in [6.07, 6.45) is 1.89. The van der Waals surface area contributed by atoms with E-state index >= 15 is 0 Å². The molecule has 0 atom stereocenters. The molecule has 1 aromatic rings. The summed E-state index contributed by atoms with van der Waals surface area (Å²) in [5, 5.41) is 0. The number of hydrogen-bond acceptors (Lipinski definition) is 4. The van der Waals surface area contributed by atoms with Crippen LogP contribution in [0.25, 0.3) is 0 Å². The third kappa shape index (κ3) is 3.37. The highest BCUT2D eigenvalue weighted by Crippen LogP contribution is 2.28. The van der Waals surface area contributed by atoms with Crippen LogP contribution in [0, 0.1) is 5.82 Å². The zero-order valence-electron chi connectivity index (χ0n) is 9.98. The molecule has 0 fully saturated rings. The highest BCUT2D eigenvalue weighted by Gasteiger charge is 2.24. The van der Waals surface area contributed by atoms with Crippen LogP contribution in [0.2, 0.25) is 0 Å². The van der Waals surface area contributed by atoms with Gasteiger partial charge in [-0.3, -0.25) is 0 Å². The van der Waals surface area contributed by atoms with E-state index in [1.54, 1.807) is 11.8 Å². The van der Waals surface area contributed by atoms with E-state index in [-0.39, 0.29) is 15.1 Å². The van der Waals surface area contributed by atoms with Crippen LogP contribution in [0.3, 0.4) is 0 Å². The Balaban J connectivity index is 3.16. The summed E-state index contributed by atoms with van der Waals surface area (Å²) in [5.74, 6) is 0.0936. The first-order valence-corrected chi connectivity index (χ1v) is 8.63. The normalized spacial score (nSPS) is 12.1. The molecule has 0 unspecified atom stereocenters. The standard InChI is InChI=1S/C10H14BrFN2O2S2/c1-14(3-4-17-2)18(15,16)10-5-7(11)8(12)6-9(10)13/h5-6H,3-4,13H2,1-2H3. The van der Waals surface area contributed by atoms with Gasteiger partial charge in [-0.1, -0.05) is 0 Å². The molecule has 0 heterocycles. The van der Waals surface area contributed by atoms with Crippen molar-refractivity contribution in [3.8, 4) is 0 Å². The van der Waals surface area contributed by atoms with Crippen molar-refractivity contribution in [2.75, 3.05) is 31.3 Å². The van der Waals surface area contributed by atoms with Crippen molar-refractivity contribution in [3.63, 3.8) is 0 Å². The van der Waals surface area contributed by atoms with E-state index in [1.165, 1.54) is 17.4 Å². The van der Waals surface area contributed by atoms with Crippen LogP contribution >= 0.6 is 27.7 Å². The second-order valence-corrected chi connectivity index (χ2v) is 7.48. The fraction of sp³-hybridized carbons (Fsp3) is 0.400. The molecule has 0 aromatic heterocycles. The van der Waals surface area contributed by atoms with Gasteiger partial charge >= 0.3 is 0 Å². The van der Waals surface area contributed by atoms with E-state index < -0.39 is 15.8 Å². The second kappa shape index (κ2) is 6.23. The van der Waals surface area contributed by atoms with Crippen LogP contribution in [0.5, 0.6) is 0 Å². The lowest BCUT2D eigenvalue weighted by Gasteiger charge is -2.18. The molecule has 2 N–H and O–H groups in total. The topological polar surface area (TPSA) is 63.4 Å². The quantitative estimate of drug-likeness (QED) is 0.821. The van der Waals surface area contributed by atoms with Crippen LogP contribution in [0.4, 0.5) is 10.1 Å². The van der Waals surface area contributed by atoms with Crippen LogP contribution in [-0.2, 0) is 10.0 Å². The van der Waals surface area contributed by atoms with Crippen molar-refractivity contribution in [1.29, 1.82) is 0 Å². The summed E-state index contributed by atoms with van der Waals surface area (Å²) < 4.78 is 38.9. The van der Waals surface area contributed by atoms with Crippen molar-refractivity contribution < 1.29 is 12.8 Å². The Morgan fingerprint density at radius 2 is 2.11 bits per heavy atom. The molecule has 0 bridgehead atoms. The number of hydrogen-bond donors (Lipinski definition) is 1. The molecule has 0 amide bonds. The number of nitrogen functional groups attached to an aromatic ring is 1. The minimum Gasteiger partial charge on any atom is -0.398 e. The monoisotopic (exact) mass is 356 g/mol. The van der Waals surface area contributed by atoms with Gasteiger partial charge in [-0.2, -0.15) is 11.8 Å². The smallest absolute Gasteiger partial charge is 0.244 e. The lowest BCUT2D eigenvalue weighted by molar-refractivity contribution is 0.488. The molecule has 0 spiro atoms. The maximum Gasteiger partial charge on any atom is 0.244 e. The lowest BCUT2D eigenvalue weighted by Crippen LogP contribution is -2.29. The highest BCUT2D eigenvalue weighted by atomic mass is 79.9. The predicted molar refractivity (Wildman–Crippen MR) is 76.7 cm³/mol. The molecule has 102 valence electrons. The van der Waals surface area contributed by atoms with E-state index in [1.807, 2.05) is 6.26 Å². The number of anilines is 1. The fourth-order valence-corrected chi connectivity index (χ4v) is 3.63. The van der Waals surface area contributed by atoms with Gasteiger partial charge in [0.1, 0.15) is 10.7 Å². The Morgan fingerprint density at radius 1 is 1.50 bits per heavy atom. The average Bonchev–Trinajstić information content (AvgIpc) is 2.30. The number of sulfonamides is 1. The van der Waals surface area contributed by atoms with Gasteiger partial charge < -0.3 is 5.73 Å². The lowest BCUT2D eigenvalue weighted by atomic mass is 10.3. The summed E-state index contributed by atoms with van der Waals surface area (Å²) in [7, 11) is -2.21. The van der Waals surface area contributed by atoms with Crippen LogP contribution < -0.4 is 5.73 Å². The zero-order chi connectivity index (χ0) is 13.9. The van der Waals surface area contributed by atoms with Crippen molar-refractivity contribution in [2.45, 2.75) is 4.90 Å². The molecule has 0 saturated heterocycles. The van der Waals surface area contributed by atoms with E-state index in [9.17, 15) is 12.8 Å². The first-order chi connectivity index (χ1) is 8.30. The summed E-state index contributed by atoms with van der Waals surface area (Å²) in [6, 6.07) is 2.19. The molecular formula is C10H14BrFN2O2S2. The first-order valence-electron chi connectivity index (χ1n) is 5.00. The van der Waals surface area contributed by atoms with Crippen molar-refractivity contribution >= 4 is 43.4 Å². The Kier molecular flexibility index (Phi) is 5.45. The number of rotatable bonds is 5. The molecule has 1 rings (SSSR count). The summed E-state index contributed by atoms with van der Waals surface area (Å²) in [6.45, 7) is 0.373. The average molecular weight is 357 g/mol. The number of benzene rings is 1. The van der Waals surface area contributed by atoms with Crippen molar-refractivity contribution in [3.05, 3.63) is 22.4 Å². The minimum atomic E-state index is -3.68. The molecule has 0 saturated carbocycles. The van der Waals surface area contributed by atoms with Gasteiger partial charge in [0.25, 0.3) is 0 Å². The van der Waals surface area contributed by atoms with Gasteiger partial charge in [0.2, 0.25) is 10.0 Å². The second-order valence-electron chi connectivity index (χ2n) is 3.62. The zero-order valence-corrected chi connectivity index (χ0v) is 13.2. The Bertz CT molecular complexity index is 537. The summed E-state index contributed by atoms with van der Waals surface area (Å²) >= 11 is 4.50. The maximum atomic E-state index is 13.2. The van der Waals surface area contributed by atoms with Gasteiger partial charge in [-0.05, 0) is 34.3 Å². The largest absolute Gasteiger partial charge is 0.398 e. The van der Waals surface area contributed by atoms with Gasteiger partial charge in [0.05, 0.1) is 10.2 Å². The number of halogens is 2. The molecule has 1 aromatic carbocycles. The first kappa shape index (κ1) is 15.7. The third-order valence-corrected chi connectivity index (χ3v) is 5.46. The molecule has 8 heteroatoms. The Labute approximate surface area is 119 Å². The van der Waals surface area contributed by atoms with Gasteiger partial charge in [0, 0.05) is 19.3 Å². The minimum absolute atomic E-state index is 0.0774. The highest BCUT2D eigenvalue weighted by molar-refractivity contribution is 9.10. The van der Waals surface area contributed by atoms with Crippen molar-refractivity contribution in [1.82, 2.24) is 4.31 Å². The molecule has 0 aliphatic rings. The van der Waals surface area contributed by atoms with Gasteiger partial charge in [0.15, 0.2) is 0 Å². The van der Waals surface area contributed by atoms with Crippen LogP contribution in [0.15, 0.2) is 21.5 Å². The third-order valence-electron chi connectivity index (χ3n) is 2.35. The Hall–Kier alpha value is -0.310. The molecule has 0 aliphatic heterocycles. The van der Waals surface area contributed by atoms with Crippen LogP contribution in [-0.4, -0.2) is 38.3 Å². The van der Waals surface area contributed by atoms with Crippen LogP contribution in [0.1, 0.15) is 0 Å². The van der Waals surface area contributed by atoms with E-state index in [2.05, 4.69) is 15.9 Å². The fourth-order valence-electron chi connectivity index (χ4n) is 1.28. The van der Waals surface area contributed by atoms with Crippen molar-refractivity contribution in [2.24, 2.45) is 0 Å². The summed E-state index contributed by atoms with van der Waals surface area (Å²) in [4.78, 5) is -0.0839. The molecule has 0 radical (unpaired) electrons. The molecular weight excluding hydrogens is 343 g/mol. The van der Waals surface area contributed by atoms with E-state index in [0.717, 1.165) is 6.07 Å². The Morgan fingerprint density at radius 3 is 2.67 bits per heavy atom. The van der Waals surface area contributed by atoms with E-state index in [4.69, 9.17) is 5.73 Å². The molecule has 4 nitrogen and oxygen atoms in total. The maximum absolute atomic E-state index is 13.2. The number of thioether (sulfide) groups is 1.